The molecular formula is C24H27N5O3. The molecule has 3 heterocycles. The van der Waals surface area contributed by atoms with E-state index in [1.54, 1.807) is 30.1 Å². The Kier molecular flexibility index (Phi) is 6.79. The first kappa shape index (κ1) is 21.5. The largest absolute Gasteiger partial charge is 0.462 e. The lowest BCUT2D eigenvalue weighted by Gasteiger charge is -2.27. The predicted molar refractivity (Wildman–Crippen MR) is 120 cm³/mol. The Labute approximate surface area is 187 Å². The van der Waals surface area contributed by atoms with Gasteiger partial charge >= 0.3 is 5.97 Å². The third-order valence-corrected chi connectivity index (χ3v) is 5.53. The summed E-state index contributed by atoms with van der Waals surface area (Å²) in [7, 11) is 0. The number of anilines is 1. The summed E-state index contributed by atoms with van der Waals surface area (Å²) in [5.74, 6) is 0.455. The number of pyridine rings is 1. The summed E-state index contributed by atoms with van der Waals surface area (Å²) >= 11 is 0. The fourth-order valence-corrected chi connectivity index (χ4v) is 3.93. The molecule has 1 fully saturated rings. The van der Waals surface area contributed by atoms with E-state index in [0.29, 0.717) is 31.8 Å². The molecular weight excluding hydrogens is 406 g/mol. The smallest absolute Gasteiger partial charge is 0.339 e. The van der Waals surface area contributed by atoms with Crippen LogP contribution >= 0.6 is 0 Å². The van der Waals surface area contributed by atoms with Gasteiger partial charge in [0.1, 0.15) is 5.82 Å². The van der Waals surface area contributed by atoms with Crippen LogP contribution in [0.1, 0.15) is 35.3 Å². The standard InChI is InChI=1S/C24H27N5O3/c1-2-32-24(31)20-10-11-21(25-18-20)27-13-7-14-28(17-16-27)23(30)22(29-15-6-12-26-29)19-8-4-3-5-9-19/h3-6,8-12,15,18,22H,2,7,13-14,16-17H2,1H3. The van der Waals surface area contributed by atoms with Gasteiger partial charge in [-0.3, -0.25) is 9.48 Å². The van der Waals surface area contributed by atoms with Gasteiger partial charge < -0.3 is 14.5 Å². The average Bonchev–Trinajstić information content (AvgIpc) is 3.23. The quantitative estimate of drug-likeness (QED) is 0.556. The number of carbonyl (C=O) groups excluding carboxylic acids is 2. The minimum absolute atomic E-state index is 0.0346. The second kappa shape index (κ2) is 10.1. The first-order valence-corrected chi connectivity index (χ1v) is 10.9. The molecule has 8 heteroatoms. The predicted octanol–water partition coefficient (Wildman–Crippen LogP) is 2.78. The van der Waals surface area contributed by atoms with E-state index in [1.807, 2.05) is 53.6 Å². The summed E-state index contributed by atoms with van der Waals surface area (Å²) in [6, 6.07) is 14.7. The lowest BCUT2D eigenvalue weighted by atomic mass is 10.1. The van der Waals surface area contributed by atoms with E-state index in [9.17, 15) is 9.59 Å². The third kappa shape index (κ3) is 4.80. The molecule has 166 valence electrons. The highest BCUT2D eigenvalue weighted by Gasteiger charge is 2.29. The number of hydrogen-bond donors (Lipinski definition) is 0. The molecule has 1 unspecified atom stereocenters. The van der Waals surface area contributed by atoms with Gasteiger partial charge in [0.2, 0.25) is 0 Å². The molecule has 1 amide bonds. The number of ether oxygens (including phenoxy) is 1. The van der Waals surface area contributed by atoms with Gasteiger partial charge in [-0.25, -0.2) is 9.78 Å². The summed E-state index contributed by atoms with van der Waals surface area (Å²) in [4.78, 5) is 33.9. The number of carbonyl (C=O) groups is 2. The van der Waals surface area contributed by atoms with Crippen molar-refractivity contribution in [1.82, 2.24) is 19.7 Å². The number of aromatic nitrogens is 3. The maximum atomic E-state index is 13.6. The summed E-state index contributed by atoms with van der Waals surface area (Å²) in [6.45, 7) is 4.81. The van der Waals surface area contributed by atoms with Crippen molar-refractivity contribution in [2.24, 2.45) is 0 Å². The van der Waals surface area contributed by atoms with E-state index in [-0.39, 0.29) is 11.9 Å². The molecule has 4 rings (SSSR count). The van der Waals surface area contributed by atoms with Crippen LogP contribution in [0.3, 0.4) is 0 Å². The Bertz CT molecular complexity index is 1020. The fourth-order valence-electron chi connectivity index (χ4n) is 3.93. The van der Waals surface area contributed by atoms with E-state index in [4.69, 9.17) is 4.74 Å². The van der Waals surface area contributed by atoms with Gasteiger partial charge in [-0.05, 0) is 37.1 Å². The fraction of sp³-hybridized carbons (Fsp3) is 0.333. The molecule has 0 N–H and O–H groups in total. The van der Waals surface area contributed by atoms with Crippen LogP contribution in [0.5, 0.6) is 0 Å². The number of hydrogen-bond acceptors (Lipinski definition) is 6. The Hall–Kier alpha value is -3.68. The molecule has 1 aliphatic heterocycles. The highest BCUT2D eigenvalue weighted by Crippen LogP contribution is 2.22. The number of rotatable bonds is 6. The minimum Gasteiger partial charge on any atom is -0.462 e. The molecule has 0 radical (unpaired) electrons. The number of benzene rings is 1. The van der Waals surface area contributed by atoms with E-state index < -0.39 is 6.04 Å². The molecule has 1 aliphatic rings. The van der Waals surface area contributed by atoms with Gasteiger partial charge in [0, 0.05) is 44.8 Å². The summed E-state index contributed by atoms with van der Waals surface area (Å²) in [6.07, 6.45) is 5.89. The molecule has 32 heavy (non-hydrogen) atoms. The topological polar surface area (TPSA) is 80.6 Å². The van der Waals surface area contributed by atoms with Crippen molar-refractivity contribution in [3.05, 3.63) is 78.2 Å². The van der Waals surface area contributed by atoms with Crippen molar-refractivity contribution >= 4 is 17.7 Å². The monoisotopic (exact) mass is 433 g/mol. The van der Waals surface area contributed by atoms with Gasteiger partial charge in [0.05, 0.1) is 12.2 Å². The second-order valence-corrected chi connectivity index (χ2v) is 7.59. The molecule has 0 aliphatic carbocycles. The zero-order valence-corrected chi connectivity index (χ0v) is 18.1. The van der Waals surface area contributed by atoms with Gasteiger partial charge in [-0.1, -0.05) is 30.3 Å². The number of esters is 1. The van der Waals surface area contributed by atoms with Crippen LogP contribution in [-0.2, 0) is 9.53 Å². The highest BCUT2D eigenvalue weighted by atomic mass is 16.5. The maximum absolute atomic E-state index is 13.6. The minimum atomic E-state index is -0.486. The van der Waals surface area contributed by atoms with E-state index >= 15 is 0 Å². The molecule has 2 aromatic heterocycles. The molecule has 1 aromatic carbocycles. The van der Waals surface area contributed by atoms with Gasteiger partial charge in [0.25, 0.3) is 5.91 Å². The molecule has 1 atom stereocenters. The second-order valence-electron chi connectivity index (χ2n) is 7.59. The zero-order valence-electron chi connectivity index (χ0n) is 18.1. The average molecular weight is 434 g/mol. The van der Waals surface area contributed by atoms with Crippen LogP contribution in [0, 0.1) is 0 Å². The van der Waals surface area contributed by atoms with Crippen LogP contribution in [0.4, 0.5) is 5.82 Å². The Morgan fingerprint density at radius 2 is 1.88 bits per heavy atom. The number of amides is 1. The van der Waals surface area contributed by atoms with Crippen LogP contribution in [0.25, 0.3) is 0 Å². The highest BCUT2D eigenvalue weighted by molar-refractivity contribution is 5.89. The zero-order chi connectivity index (χ0) is 22.3. The van der Waals surface area contributed by atoms with E-state index in [0.717, 1.165) is 24.3 Å². The summed E-state index contributed by atoms with van der Waals surface area (Å²) in [5, 5.41) is 4.34. The van der Waals surface area contributed by atoms with Crippen molar-refractivity contribution in [3.8, 4) is 0 Å². The van der Waals surface area contributed by atoms with Crippen molar-refractivity contribution in [3.63, 3.8) is 0 Å². The Morgan fingerprint density at radius 1 is 1.03 bits per heavy atom. The molecule has 1 saturated heterocycles. The van der Waals surface area contributed by atoms with Crippen molar-refractivity contribution in [2.45, 2.75) is 19.4 Å². The van der Waals surface area contributed by atoms with Crippen LogP contribution in [0.15, 0.2) is 67.1 Å². The Morgan fingerprint density at radius 3 is 2.56 bits per heavy atom. The van der Waals surface area contributed by atoms with Crippen molar-refractivity contribution < 1.29 is 14.3 Å². The molecule has 0 bridgehead atoms. The first-order valence-electron chi connectivity index (χ1n) is 10.9. The van der Waals surface area contributed by atoms with E-state index in [2.05, 4.69) is 15.0 Å². The van der Waals surface area contributed by atoms with Crippen LogP contribution < -0.4 is 4.90 Å². The summed E-state index contributed by atoms with van der Waals surface area (Å²) in [5.41, 5.74) is 1.35. The lowest BCUT2D eigenvalue weighted by molar-refractivity contribution is -0.133. The molecule has 0 spiro atoms. The molecule has 0 saturated carbocycles. The summed E-state index contributed by atoms with van der Waals surface area (Å²) < 4.78 is 6.74. The SMILES string of the molecule is CCOC(=O)c1ccc(N2CCCN(C(=O)C(c3ccccc3)n3cccn3)CC2)nc1. The van der Waals surface area contributed by atoms with Crippen LogP contribution in [-0.4, -0.2) is 64.3 Å². The normalized spacial score (nSPS) is 15.2. The van der Waals surface area contributed by atoms with Crippen LogP contribution in [0.2, 0.25) is 0 Å². The first-order chi connectivity index (χ1) is 15.7. The van der Waals surface area contributed by atoms with Gasteiger partial charge in [0.15, 0.2) is 6.04 Å². The van der Waals surface area contributed by atoms with E-state index in [1.165, 1.54) is 0 Å². The molecule has 8 nitrogen and oxygen atoms in total. The third-order valence-electron chi connectivity index (χ3n) is 5.53. The lowest BCUT2D eigenvalue weighted by Crippen LogP contribution is -2.40. The van der Waals surface area contributed by atoms with Crippen molar-refractivity contribution in [2.75, 3.05) is 37.7 Å². The Balaban J connectivity index is 1.46. The van der Waals surface area contributed by atoms with Gasteiger partial charge in [-0.15, -0.1) is 0 Å². The van der Waals surface area contributed by atoms with Gasteiger partial charge in [-0.2, -0.15) is 5.10 Å². The number of nitrogens with zero attached hydrogens (tertiary/aromatic N) is 5. The maximum Gasteiger partial charge on any atom is 0.339 e. The van der Waals surface area contributed by atoms with Crippen molar-refractivity contribution in [1.29, 1.82) is 0 Å². The molecule has 3 aromatic rings.